The summed E-state index contributed by atoms with van der Waals surface area (Å²) in [7, 11) is 0. The van der Waals surface area contributed by atoms with Gasteiger partial charge in [-0.2, -0.15) is 8.78 Å². The molecule has 106 valence electrons. The number of amides is 1. The number of hydrogen-bond donors (Lipinski definition) is 2. The summed E-state index contributed by atoms with van der Waals surface area (Å²) >= 11 is 0. The Hall–Kier alpha value is -1.69. The monoisotopic (exact) mass is 272 g/mol. The van der Waals surface area contributed by atoms with E-state index in [1.165, 1.54) is 12.1 Å². The quantitative estimate of drug-likeness (QED) is 0.801. The summed E-state index contributed by atoms with van der Waals surface area (Å²) in [5, 5.41) is 5.64. The number of para-hydroxylation sites is 2. The van der Waals surface area contributed by atoms with Gasteiger partial charge in [0.1, 0.15) is 5.75 Å². The third kappa shape index (κ3) is 5.21. The van der Waals surface area contributed by atoms with Gasteiger partial charge in [0.2, 0.25) is 5.91 Å². The molecule has 0 bridgehead atoms. The number of carbonyl (C=O) groups excluding carboxylic acids is 1. The van der Waals surface area contributed by atoms with Gasteiger partial charge in [-0.3, -0.25) is 4.79 Å². The molecule has 1 amide bonds. The van der Waals surface area contributed by atoms with E-state index in [1.807, 2.05) is 6.92 Å². The first-order chi connectivity index (χ1) is 9.04. The lowest BCUT2D eigenvalue weighted by molar-refractivity contribution is -0.119. The van der Waals surface area contributed by atoms with Gasteiger partial charge in [0, 0.05) is 12.5 Å². The second kappa shape index (κ2) is 7.68. The number of anilines is 1. The molecule has 1 rings (SSSR count). The van der Waals surface area contributed by atoms with E-state index in [2.05, 4.69) is 15.4 Å². The number of ether oxygens (including phenoxy) is 1. The molecule has 6 heteroatoms. The van der Waals surface area contributed by atoms with Gasteiger partial charge in [-0.1, -0.05) is 26.0 Å². The number of rotatable bonds is 7. The molecule has 0 aliphatic heterocycles. The Bertz CT molecular complexity index is 413. The van der Waals surface area contributed by atoms with Crippen molar-refractivity contribution >= 4 is 11.6 Å². The minimum Gasteiger partial charge on any atom is -0.433 e. The van der Waals surface area contributed by atoms with Crippen LogP contribution in [-0.2, 0) is 4.79 Å². The van der Waals surface area contributed by atoms with Crippen LogP contribution in [-0.4, -0.2) is 25.6 Å². The zero-order valence-corrected chi connectivity index (χ0v) is 11.0. The maximum absolute atomic E-state index is 12.2. The van der Waals surface area contributed by atoms with Crippen LogP contribution < -0.4 is 15.4 Å². The molecule has 0 radical (unpaired) electrons. The van der Waals surface area contributed by atoms with Crippen molar-refractivity contribution < 1.29 is 18.3 Å². The molecule has 0 fully saturated rings. The van der Waals surface area contributed by atoms with E-state index in [9.17, 15) is 13.6 Å². The van der Waals surface area contributed by atoms with Crippen LogP contribution in [0.4, 0.5) is 14.5 Å². The molecule has 1 atom stereocenters. The zero-order valence-electron chi connectivity index (χ0n) is 11.0. The van der Waals surface area contributed by atoms with E-state index < -0.39 is 6.61 Å². The summed E-state index contributed by atoms with van der Waals surface area (Å²) in [6, 6.07) is 6.12. The lowest BCUT2D eigenvalue weighted by atomic mass is 10.1. The molecule has 1 aromatic carbocycles. The summed E-state index contributed by atoms with van der Waals surface area (Å²) in [6.07, 6.45) is 0. The van der Waals surface area contributed by atoms with Gasteiger partial charge in [-0.25, -0.2) is 0 Å². The molecular formula is C13H18F2N2O2. The Labute approximate surface area is 111 Å². The molecule has 0 saturated heterocycles. The average Bonchev–Trinajstić information content (AvgIpc) is 2.37. The van der Waals surface area contributed by atoms with Crippen molar-refractivity contribution in [3.05, 3.63) is 24.3 Å². The maximum Gasteiger partial charge on any atom is 0.387 e. The van der Waals surface area contributed by atoms with Gasteiger partial charge < -0.3 is 15.4 Å². The zero-order chi connectivity index (χ0) is 14.3. The standard InChI is InChI=1S/C13H18F2N2O2/c1-3-16-8-9(2)12(18)17-10-6-4-5-7-11(10)19-13(14)15/h4-7,9,13,16H,3,8H2,1-2H3,(H,17,18). The number of alkyl halides is 2. The SMILES string of the molecule is CCNCC(C)C(=O)Nc1ccccc1OC(F)F. The van der Waals surface area contributed by atoms with Gasteiger partial charge in [0.15, 0.2) is 0 Å². The number of benzene rings is 1. The fourth-order valence-electron chi connectivity index (χ4n) is 1.48. The normalized spacial score (nSPS) is 12.3. The average molecular weight is 272 g/mol. The number of carbonyl (C=O) groups is 1. The predicted molar refractivity (Wildman–Crippen MR) is 69.4 cm³/mol. The van der Waals surface area contributed by atoms with Crippen molar-refractivity contribution in [2.75, 3.05) is 18.4 Å². The molecule has 0 saturated carbocycles. The minimum atomic E-state index is -2.92. The van der Waals surface area contributed by atoms with E-state index in [0.29, 0.717) is 6.54 Å². The minimum absolute atomic E-state index is 0.0403. The predicted octanol–water partition coefficient (Wildman–Crippen LogP) is 2.47. The van der Waals surface area contributed by atoms with Gasteiger partial charge in [-0.15, -0.1) is 0 Å². The fraction of sp³-hybridized carbons (Fsp3) is 0.462. The number of hydrogen-bond acceptors (Lipinski definition) is 3. The summed E-state index contributed by atoms with van der Waals surface area (Å²) in [5.74, 6) is -0.549. The van der Waals surface area contributed by atoms with Crippen LogP contribution in [0.1, 0.15) is 13.8 Å². The highest BCUT2D eigenvalue weighted by Crippen LogP contribution is 2.25. The molecule has 0 aliphatic rings. The lowest BCUT2D eigenvalue weighted by Gasteiger charge is -2.15. The van der Waals surface area contributed by atoms with Gasteiger partial charge in [0.25, 0.3) is 0 Å². The first kappa shape index (κ1) is 15.4. The largest absolute Gasteiger partial charge is 0.433 e. The molecule has 4 nitrogen and oxygen atoms in total. The fourth-order valence-corrected chi connectivity index (χ4v) is 1.48. The van der Waals surface area contributed by atoms with Crippen LogP contribution in [0.15, 0.2) is 24.3 Å². The number of nitrogens with one attached hydrogen (secondary N) is 2. The van der Waals surface area contributed by atoms with Crippen LogP contribution in [0.25, 0.3) is 0 Å². The molecule has 0 aromatic heterocycles. The first-order valence-electron chi connectivity index (χ1n) is 6.10. The summed E-state index contributed by atoms with van der Waals surface area (Å²) in [4.78, 5) is 11.9. The Balaban J connectivity index is 2.68. The lowest BCUT2D eigenvalue weighted by Crippen LogP contribution is -2.30. The first-order valence-corrected chi connectivity index (χ1v) is 6.10. The van der Waals surface area contributed by atoms with Crippen molar-refractivity contribution in [2.24, 2.45) is 5.92 Å². The maximum atomic E-state index is 12.2. The molecular weight excluding hydrogens is 254 g/mol. The molecule has 0 aliphatic carbocycles. The smallest absolute Gasteiger partial charge is 0.387 e. The van der Waals surface area contributed by atoms with Crippen molar-refractivity contribution in [3.63, 3.8) is 0 Å². The van der Waals surface area contributed by atoms with E-state index >= 15 is 0 Å². The Morgan fingerprint density at radius 3 is 2.68 bits per heavy atom. The molecule has 2 N–H and O–H groups in total. The van der Waals surface area contributed by atoms with Crippen molar-refractivity contribution in [1.29, 1.82) is 0 Å². The second-order valence-corrected chi connectivity index (χ2v) is 4.07. The highest BCUT2D eigenvalue weighted by Gasteiger charge is 2.15. The van der Waals surface area contributed by atoms with E-state index in [-0.39, 0.29) is 23.3 Å². The molecule has 1 aromatic rings. The topological polar surface area (TPSA) is 50.4 Å². The van der Waals surface area contributed by atoms with Crippen LogP contribution in [0.3, 0.4) is 0 Å². The van der Waals surface area contributed by atoms with Gasteiger partial charge in [0.05, 0.1) is 5.69 Å². The third-order valence-electron chi connectivity index (χ3n) is 2.51. The van der Waals surface area contributed by atoms with Crippen LogP contribution >= 0.6 is 0 Å². The Kier molecular flexibility index (Phi) is 6.21. The van der Waals surface area contributed by atoms with Gasteiger partial charge >= 0.3 is 6.61 Å². The van der Waals surface area contributed by atoms with E-state index in [4.69, 9.17) is 0 Å². The molecule has 0 heterocycles. The molecule has 1 unspecified atom stereocenters. The van der Waals surface area contributed by atoms with Crippen LogP contribution in [0.5, 0.6) is 5.75 Å². The summed E-state index contributed by atoms with van der Waals surface area (Å²) in [6.45, 7) is 2.07. The molecule has 0 spiro atoms. The molecule has 19 heavy (non-hydrogen) atoms. The Morgan fingerprint density at radius 1 is 1.37 bits per heavy atom. The highest BCUT2D eigenvalue weighted by atomic mass is 19.3. The second-order valence-electron chi connectivity index (χ2n) is 4.07. The summed E-state index contributed by atoms with van der Waals surface area (Å²) in [5.41, 5.74) is 0.246. The van der Waals surface area contributed by atoms with E-state index in [0.717, 1.165) is 6.54 Å². The van der Waals surface area contributed by atoms with Crippen molar-refractivity contribution in [1.82, 2.24) is 5.32 Å². The van der Waals surface area contributed by atoms with Crippen molar-refractivity contribution in [2.45, 2.75) is 20.5 Å². The summed E-state index contributed by atoms with van der Waals surface area (Å²) < 4.78 is 28.8. The number of halogens is 2. The van der Waals surface area contributed by atoms with E-state index in [1.54, 1.807) is 19.1 Å². The van der Waals surface area contributed by atoms with Crippen LogP contribution in [0, 0.1) is 5.92 Å². The van der Waals surface area contributed by atoms with Gasteiger partial charge in [-0.05, 0) is 18.7 Å². The van der Waals surface area contributed by atoms with Crippen molar-refractivity contribution in [3.8, 4) is 5.75 Å². The highest BCUT2D eigenvalue weighted by molar-refractivity contribution is 5.93. The Morgan fingerprint density at radius 2 is 2.05 bits per heavy atom. The third-order valence-corrected chi connectivity index (χ3v) is 2.51. The van der Waals surface area contributed by atoms with Crippen LogP contribution in [0.2, 0.25) is 0 Å².